The summed E-state index contributed by atoms with van der Waals surface area (Å²) in [6, 6.07) is 4.84. The fourth-order valence-electron chi connectivity index (χ4n) is 1.92. The van der Waals surface area contributed by atoms with E-state index in [4.69, 9.17) is 0 Å². The van der Waals surface area contributed by atoms with Gasteiger partial charge in [0.15, 0.2) is 0 Å². The molecule has 104 valence electrons. The van der Waals surface area contributed by atoms with Gasteiger partial charge in [-0.25, -0.2) is 0 Å². The van der Waals surface area contributed by atoms with Crippen LogP contribution in [0.15, 0.2) is 30.6 Å². The molecule has 2 aromatic rings. The van der Waals surface area contributed by atoms with Gasteiger partial charge < -0.3 is 10.6 Å². The van der Waals surface area contributed by atoms with Gasteiger partial charge in [0.2, 0.25) is 5.91 Å². The molecule has 0 atom stereocenters. The smallest absolute Gasteiger partial charge is 0.278 e. The molecule has 0 saturated carbocycles. The second kappa shape index (κ2) is 5.96. The molecule has 1 aromatic heterocycles. The van der Waals surface area contributed by atoms with E-state index in [0.717, 1.165) is 11.1 Å². The molecule has 0 aliphatic rings. The summed E-state index contributed by atoms with van der Waals surface area (Å²) >= 11 is 0. The third-order valence-corrected chi connectivity index (χ3v) is 2.81. The number of nitrogens with zero attached hydrogens (tertiary/aromatic N) is 2. The highest BCUT2D eigenvalue weighted by Crippen LogP contribution is 2.30. The molecule has 7 heteroatoms. The number of carbonyl (C=O) groups excluding carboxylic acids is 1. The minimum atomic E-state index is -0.425. The lowest BCUT2D eigenvalue weighted by atomic mass is 10.1. The third kappa shape index (κ3) is 3.00. The predicted octanol–water partition coefficient (Wildman–Crippen LogP) is 1.69. The number of benzene rings is 1. The number of hydrogen-bond acceptors (Lipinski definition) is 5. The molecule has 0 aliphatic heterocycles. The lowest BCUT2D eigenvalue weighted by Gasteiger charge is -2.10. The fraction of sp³-hybridized carbons (Fsp3) is 0.231. The van der Waals surface area contributed by atoms with Crippen LogP contribution in [0.4, 0.5) is 11.4 Å². The number of amides is 1. The SMILES string of the molecule is CC(=O)NCCNc1ccc([N+](=O)[O-])c2cnccc12. The van der Waals surface area contributed by atoms with E-state index in [2.05, 4.69) is 15.6 Å². The zero-order valence-electron chi connectivity index (χ0n) is 10.9. The molecule has 0 bridgehead atoms. The van der Waals surface area contributed by atoms with Gasteiger partial charge in [0.25, 0.3) is 5.69 Å². The van der Waals surface area contributed by atoms with Gasteiger partial charge in [0.1, 0.15) is 0 Å². The highest BCUT2D eigenvalue weighted by molar-refractivity contribution is 5.99. The van der Waals surface area contributed by atoms with E-state index in [1.54, 1.807) is 18.3 Å². The van der Waals surface area contributed by atoms with Crippen molar-refractivity contribution in [1.29, 1.82) is 0 Å². The Hall–Kier alpha value is -2.70. The molecule has 0 radical (unpaired) electrons. The van der Waals surface area contributed by atoms with Crippen LogP contribution in [0.1, 0.15) is 6.92 Å². The van der Waals surface area contributed by atoms with Gasteiger partial charge in [-0.2, -0.15) is 0 Å². The zero-order valence-corrected chi connectivity index (χ0v) is 10.9. The van der Waals surface area contributed by atoms with Crippen molar-refractivity contribution in [3.05, 3.63) is 40.7 Å². The lowest BCUT2D eigenvalue weighted by molar-refractivity contribution is -0.383. The van der Waals surface area contributed by atoms with Crippen LogP contribution in [0.3, 0.4) is 0 Å². The first-order valence-electron chi connectivity index (χ1n) is 6.09. The van der Waals surface area contributed by atoms with E-state index in [0.29, 0.717) is 18.5 Å². The van der Waals surface area contributed by atoms with Gasteiger partial charge in [0.05, 0.1) is 10.3 Å². The number of nitro benzene ring substituents is 1. The molecule has 1 aromatic carbocycles. The number of non-ortho nitro benzene ring substituents is 1. The molecule has 2 rings (SSSR count). The van der Waals surface area contributed by atoms with Gasteiger partial charge in [-0.3, -0.25) is 19.9 Å². The quantitative estimate of drug-likeness (QED) is 0.491. The first-order chi connectivity index (χ1) is 9.59. The van der Waals surface area contributed by atoms with Crippen LogP contribution in [-0.2, 0) is 4.79 Å². The number of aromatic nitrogens is 1. The summed E-state index contributed by atoms with van der Waals surface area (Å²) in [5.41, 5.74) is 0.805. The van der Waals surface area contributed by atoms with Crippen LogP contribution in [0.5, 0.6) is 0 Å². The second-order valence-corrected chi connectivity index (χ2v) is 4.22. The molecule has 1 amide bonds. The van der Waals surface area contributed by atoms with Gasteiger partial charge in [0, 0.05) is 49.5 Å². The van der Waals surface area contributed by atoms with Crippen molar-refractivity contribution in [3.8, 4) is 0 Å². The van der Waals surface area contributed by atoms with E-state index in [9.17, 15) is 14.9 Å². The topological polar surface area (TPSA) is 97.2 Å². The molecule has 0 aliphatic carbocycles. The Morgan fingerprint density at radius 1 is 1.30 bits per heavy atom. The molecule has 1 heterocycles. The molecule has 20 heavy (non-hydrogen) atoms. The molecule has 0 unspecified atom stereocenters. The summed E-state index contributed by atoms with van der Waals surface area (Å²) < 4.78 is 0. The van der Waals surface area contributed by atoms with Crippen LogP contribution in [0, 0.1) is 10.1 Å². The zero-order chi connectivity index (χ0) is 14.5. The normalized spacial score (nSPS) is 10.2. The van der Waals surface area contributed by atoms with Crippen LogP contribution in [0.2, 0.25) is 0 Å². The second-order valence-electron chi connectivity index (χ2n) is 4.22. The van der Waals surface area contributed by atoms with Crippen LogP contribution in [-0.4, -0.2) is 28.9 Å². The summed E-state index contributed by atoms with van der Waals surface area (Å²) in [7, 11) is 0. The maximum Gasteiger partial charge on any atom is 0.278 e. The van der Waals surface area contributed by atoms with E-state index in [1.807, 2.05) is 0 Å². The van der Waals surface area contributed by atoms with Crippen LogP contribution in [0.25, 0.3) is 10.8 Å². The molecule has 2 N–H and O–H groups in total. The van der Waals surface area contributed by atoms with E-state index >= 15 is 0 Å². The Bertz CT molecular complexity index is 657. The number of fused-ring (bicyclic) bond motifs is 1. The molecule has 7 nitrogen and oxygen atoms in total. The minimum Gasteiger partial charge on any atom is -0.383 e. The number of rotatable bonds is 5. The summed E-state index contributed by atoms with van der Waals surface area (Å²) in [6.45, 7) is 2.47. The highest BCUT2D eigenvalue weighted by atomic mass is 16.6. The van der Waals surface area contributed by atoms with Crippen molar-refractivity contribution >= 4 is 28.1 Å². The van der Waals surface area contributed by atoms with E-state index in [-0.39, 0.29) is 11.6 Å². The Labute approximate surface area is 115 Å². The molecule has 0 fully saturated rings. The van der Waals surface area contributed by atoms with E-state index in [1.165, 1.54) is 19.2 Å². The minimum absolute atomic E-state index is 0.0283. The van der Waals surface area contributed by atoms with Gasteiger partial charge in [-0.05, 0) is 12.1 Å². The summed E-state index contributed by atoms with van der Waals surface area (Å²) in [6.07, 6.45) is 3.07. The maximum atomic E-state index is 11.0. The van der Waals surface area contributed by atoms with Crippen molar-refractivity contribution in [3.63, 3.8) is 0 Å². The largest absolute Gasteiger partial charge is 0.383 e. The number of anilines is 1. The van der Waals surface area contributed by atoms with Crippen LogP contribution >= 0.6 is 0 Å². The lowest BCUT2D eigenvalue weighted by Crippen LogP contribution is -2.26. The molecular formula is C13H14N4O3. The predicted molar refractivity (Wildman–Crippen MR) is 75.6 cm³/mol. The Balaban J connectivity index is 2.24. The van der Waals surface area contributed by atoms with Gasteiger partial charge >= 0.3 is 0 Å². The maximum absolute atomic E-state index is 11.0. The highest BCUT2D eigenvalue weighted by Gasteiger charge is 2.13. The standard InChI is InChI=1S/C13H14N4O3/c1-9(18)15-6-7-16-12-2-3-13(17(19)20)11-8-14-5-4-10(11)12/h2-5,8,16H,6-7H2,1H3,(H,15,18). The van der Waals surface area contributed by atoms with Crippen LogP contribution < -0.4 is 10.6 Å². The van der Waals surface area contributed by atoms with Crippen molar-refractivity contribution in [2.45, 2.75) is 6.92 Å². The number of carbonyl (C=O) groups is 1. The average Bonchev–Trinajstić information content (AvgIpc) is 2.43. The first-order valence-corrected chi connectivity index (χ1v) is 6.09. The third-order valence-electron chi connectivity index (χ3n) is 2.81. The number of pyridine rings is 1. The van der Waals surface area contributed by atoms with E-state index < -0.39 is 4.92 Å². The Kier molecular flexibility index (Phi) is 4.09. The van der Waals surface area contributed by atoms with Gasteiger partial charge in [-0.15, -0.1) is 0 Å². The number of nitro groups is 1. The Morgan fingerprint density at radius 3 is 2.80 bits per heavy atom. The van der Waals surface area contributed by atoms with Crippen molar-refractivity contribution < 1.29 is 9.72 Å². The van der Waals surface area contributed by atoms with Crippen molar-refractivity contribution in [1.82, 2.24) is 10.3 Å². The Morgan fingerprint density at radius 2 is 2.10 bits per heavy atom. The average molecular weight is 274 g/mol. The van der Waals surface area contributed by atoms with Gasteiger partial charge in [-0.1, -0.05) is 0 Å². The van der Waals surface area contributed by atoms with Crippen molar-refractivity contribution in [2.75, 3.05) is 18.4 Å². The number of nitrogens with one attached hydrogen (secondary N) is 2. The summed E-state index contributed by atoms with van der Waals surface area (Å²) in [5, 5.41) is 18.0. The first kappa shape index (κ1) is 13.7. The summed E-state index contributed by atoms with van der Waals surface area (Å²) in [4.78, 5) is 25.2. The number of hydrogen-bond donors (Lipinski definition) is 2. The molecular weight excluding hydrogens is 260 g/mol. The fourth-order valence-corrected chi connectivity index (χ4v) is 1.92. The molecule has 0 saturated heterocycles. The molecule has 0 spiro atoms. The monoisotopic (exact) mass is 274 g/mol. The van der Waals surface area contributed by atoms with Crippen molar-refractivity contribution in [2.24, 2.45) is 0 Å². The summed E-state index contributed by atoms with van der Waals surface area (Å²) in [5.74, 6) is -0.0930.